The van der Waals surface area contributed by atoms with E-state index in [2.05, 4.69) is 10.1 Å². The highest BCUT2D eigenvalue weighted by atomic mass is 16.5. The summed E-state index contributed by atoms with van der Waals surface area (Å²) in [5.74, 6) is 0.598. The van der Waals surface area contributed by atoms with Gasteiger partial charge in [-0.25, -0.2) is 9.50 Å². The van der Waals surface area contributed by atoms with Gasteiger partial charge in [0.25, 0.3) is 0 Å². The Morgan fingerprint density at radius 3 is 2.81 bits per heavy atom. The molecule has 0 aliphatic carbocycles. The molecule has 0 bridgehead atoms. The molecule has 8 heteroatoms. The third kappa shape index (κ3) is 1.73. The molecule has 0 fully saturated rings. The van der Waals surface area contributed by atoms with Gasteiger partial charge in [0, 0.05) is 11.7 Å². The fourth-order valence-electron chi connectivity index (χ4n) is 1.38. The SMILES string of the molecule is COc1cc(B(O)O)cn2nc(CO)nc12. The summed E-state index contributed by atoms with van der Waals surface area (Å²) in [4.78, 5) is 4.02. The number of fused-ring (bicyclic) bond motifs is 1. The van der Waals surface area contributed by atoms with Gasteiger partial charge in [-0.1, -0.05) is 0 Å². The van der Waals surface area contributed by atoms with E-state index in [1.807, 2.05) is 0 Å². The van der Waals surface area contributed by atoms with Crippen molar-refractivity contribution in [1.29, 1.82) is 0 Å². The first kappa shape index (κ1) is 10.9. The van der Waals surface area contributed by atoms with Crippen molar-refractivity contribution in [3.63, 3.8) is 0 Å². The fraction of sp³-hybridized carbons (Fsp3) is 0.250. The van der Waals surface area contributed by atoms with E-state index in [1.54, 1.807) is 0 Å². The highest BCUT2D eigenvalue weighted by molar-refractivity contribution is 6.58. The van der Waals surface area contributed by atoms with Crippen LogP contribution in [0.25, 0.3) is 5.65 Å². The molecule has 3 N–H and O–H groups in total. The number of hydrogen-bond acceptors (Lipinski definition) is 6. The zero-order valence-corrected chi connectivity index (χ0v) is 8.53. The molecule has 0 radical (unpaired) electrons. The normalized spacial score (nSPS) is 10.8. The molecule has 84 valence electrons. The molecule has 0 saturated heterocycles. The number of aromatic nitrogens is 3. The molecule has 0 aromatic carbocycles. The van der Waals surface area contributed by atoms with Gasteiger partial charge in [-0.2, -0.15) is 0 Å². The Balaban J connectivity index is 2.66. The summed E-state index contributed by atoms with van der Waals surface area (Å²) in [6.45, 7) is -0.290. The number of aliphatic hydroxyl groups excluding tert-OH is 1. The van der Waals surface area contributed by atoms with Gasteiger partial charge in [0.15, 0.2) is 17.2 Å². The van der Waals surface area contributed by atoms with Crippen LogP contribution < -0.4 is 10.2 Å². The van der Waals surface area contributed by atoms with Crippen molar-refractivity contribution >= 4 is 18.2 Å². The number of ether oxygens (including phenoxy) is 1. The molecule has 0 aliphatic rings. The number of pyridine rings is 1. The quantitative estimate of drug-likeness (QED) is 0.516. The molecule has 2 aromatic heterocycles. The van der Waals surface area contributed by atoms with E-state index in [0.29, 0.717) is 11.4 Å². The molecule has 0 unspecified atom stereocenters. The molecule has 0 aliphatic heterocycles. The lowest BCUT2D eigenvalue weighted by molar-refractivity contribution is 0.271. The molecule has 2 heterocycles. The van der Waals surface area contributed by atoms with Crippen molar-refractivity contribution in [1.82, 2.24) is 14.6 Å². The second-order valence-electron chi connectivity index (χ2n) is 3.17. The molecule has 2 aromatic rings. The van der Waals surface area contributed by atoms with Gasteiger partial charge in [-0.15, -0.1) is 5.10 Å². The number of nitrogens with zero attached hydrogens (tertiary/aromatic N) is 3. The molecular weight excluding hydrogens is 213 g/mol. The van der Waals surface area contributed by atoms with Crippen LogP contribution in [0.1, 0.15) is 5.82 Å². The maximum atomic E-state index is 9.06. The average Bonchev–Trinajstić information content (AvgIpc) is 2.70. The van der Waals surface area contributed by atoms with Gasteiger partial charge in [-0.3, -0.25) is 0 Å². The molecule has 2 rings (SSSR count). The Kier molecular flexibility index (Phi) is 2.78. The van der Waals surface area contributed by atoms with E-state index in [9.17, 15) is 0 Å². The second kappa shape index (κ2) is 4.09. The van der Waals surface area contributed by atoms with Crippen LogP contribution in [0.2, 0.25) is 0 Å². The van der Waals surface area contributed by atoms with Crippen molar-refractivity contribution in [3.05, 3.63) is 18.1 Å². The number of aliphatic hydroxyl groups is 1. The second-order valence-corrected chi connectivity index (χ2v) is 3.17. The summed E-state index contributed by atoms with van der Waals surface area (Å²) in [6, 6.07) is 1.45. The monoisotopic (exact) mass is 223 g/mol. The Hall–Kier alpha value is -1.64. The van der Waals surface area contributed by atoms with E-state index in [4.69, 9.17) is 19.9 Å². The summed E-state index contributed by atoms with van der Waals surface area (Å²) in [5.41, 5.74) is 0.648. The predicted molar refractivity (Wildman–Crippen MR) is 55.3 cm³/mol. The van der Waals surface area contributed by atoms with Crippen LogP contribution in [0.15, 0.2) is 12.3 Å². The van der Waals surface area contributed by atoms with Gasteiger partial charge in [0.05, 0.1) is 7.11 Å². The number of rotatable bonds is 3. The zero-order chi connectivity index (χ0) is 11.7. The molecule has 7 nitrogen and oxygen atoms in total. The van der Waals surface area contributed by atoms with Gasteiger partial charge >= 0.3 is 7.12 Å². The average molecular weight is 223 g/mol. The lowest BCUT2D eigenvalue weighted by Gasteiger charge is -2.04. The molecule has 0 amide bonds. The van der Waals surface area contributed by atoms with E-state index in [-0.39, 0.29) is 17.9 Å². The summed E-state index contributed by atoms with van der Waals surface area (Å²) < 4.78 is 6.38. The first-order valence-electron chi connectivity index (χ1n) is 4.56. The van der Waals surface area contributed by atoms with Crippen molar-refractivity contribution in [2.45, 2.75) is 6.61 Å². The van der Waals surface area contributed by atoms with Gasteiger partial charge < -0.3 is 19.9 Å². The van der Waals surface area contributed by atoms with Crippen LogP contribution in [0.5, 0.6) is 5.75 Å². The van der Waals surface area contributed by atoms with Crippen molar-refractivity contribution < 1.29 is 19.9 Å². The largest absolute Gasteiger partial charge is 0.493 e. The lowest BCUT2D eigenvalue weighted by Crippen LogP contribution is -2.30. The molecule has 0 spiro atoms. The third-order valence-corrected chi connectivity index (χ3v) is 2.12. The van der Waals surface area contributed by atoms with Crippen LogP contribution in [0, 0.1) is 0 Å². The van der Waals surface area contributed by atoms with Gasteiger partial charge in [0.1, 0.15) is 6.61 Å². The van der Waals surface area contributed by atoms with Gasteiger partial charge in [0.2, 0.25) is 0 Å². The van der Waals surface area contributed by atoms with E-state index in [1.165, 1.54) is 23.9 Å². The molecule has 0 saturated carbocycles. The van der Waals surface area contributed by atoms with Crippen LogP contribution >= 0.6 is 0 Å². The van der Waals surface area contributed by atoms with Gasteiger partial charge in [-0.05, 0) is 6.07 Å². The maximum absolute atomic E-state index is 9.06. The first-order chi connectivity index (χ1) is 7.65. The summed E-state index contributed by atoms with van der Waals surface area (Å²) >= 11 is 0. The summed E-state index contributed by atoms with van der Waals surface area (Å²) in [5, 5.41) is 31.0. The van der Waals surface area contributed by atoms with E-state index in [0.717, 1.165) is 0 Å². The lowest BCUT2D eigenvalue weighted by atomic mass is 9.81. The van der Waals surface area contributed by atoms with Crippen LogP contribution in [-0.2, 0) is 6.61 Å². The van der Waals surface area contributed by atoms with Crippen molar-refractivity contribution in [2.75, 3.05) is 7.11 Å². The van der Waals surface area contributed by atoms with Crippen LogP contribution in [0.4, 0.5) is 0 Å². The fourth-order valence-corrected chi connectivity index (χ4v) is 1.38. The van der Waals surface area contributed by atoms with Crippen LogP contribution in [0.3, 0.4) is 0 Å². The highest BCUT2D eigenvalue weighted by Gasteiger charge is 2.17. The van der Waals surface area contributed by atoms with Crippen molar-refractivity contribution in [2.24, 2.45) is 0 Å². The topological polar surface area (TPSA) is 100 Å². The van der Waals surface area contributed by atoms with E-state index < -0.39 is 7.12 Å². The minimum atomic E-state index is -1.61. The first-order valence-corrected chi connectivity index (χ1v) is 4.56. The Labute approximate surface area is 91.1 Å². The Morgan fingerprint density at radius 2 is 2.25 bits per heavy atom. The third-order valence-electron chi connectivity index (χ3n) is 2.12. The minimum absolute atomic E-state index is 0.235. The standard InChI is InChI=1S/C8H10BN3O4/c1-16-6-2-5(9(14)15)3-12-8(6)10-7(4-13)11-12/h2-3,13-15H,4H2,1H3. The Bertz CT molecular complexity index is 513. The summed E-state index contributed by atoms with van der Waals surface area (Å²) in [6.07, 6.45) is 1.41. The Morgan fingerprint density at radius 1 is 1.50 bits per heavy atom. The number of hydrogen-bond donors (Lipinski definition) is 3. The van der Waals surface area contributed by atoms with Crippen LogP contribution in [-0.4, -0.2) is 44.0 Å². The smallest absolute Gasteiger partial charge is 0.490 e. The van der Waals surface area contributed by atoms with Crippen molar-refractivity contribution in [3.8, 4) is 5.75 Å². The summed E-state index contributed by atoms with van der Waals surface area (Å²) in [7, 11) is -0.170. The predicted octanol–water partition coefficient (Wildman–Crippen LogP) is -2.09. The highest BCUT2D eigenvalue weighted by Crippen LogP contribution is 2.15. The molecular formula is C8H10BN3O4. The minimum Gasteiger partial charge on any atom is -0.493 e. The number of methoxy groups -OCH3 is 1. The maximum Gasteiger partial charge on any atom is 0.490 e. The van der Waals surface area contributed by atoms with E-state index >= 15 is 0 Å². The zero-order valence-electron chi connectivity index (χ0n) is 8.53. The molecule has 0 atom stereocenters. The molecule has 16 heavy (non-hydrogen) atoms.